The molecule has 0 saturated carbocycles. The van der Waals surface area contributed by atoms with Crippen molar-refractivity contribution < 1.29 is 4.79 Å². The molecule has 0 amide bonds. The summed E-state index contributed by atoms with van der Waals surface area (Å²) in [6.07, 6.45) is 3.27. The predicted octanol–water partition coefficient (Wildman–Crippen LogP) is 1.54. The van der Waals surface area contributed by atoms with E-state index in [9.17, 15) is 4.79 Å². The van der Waals surface area contributed by atoms with E-state index in [0.717, 1.165) is 10.9 Å². The molecule has 4 heteroatoms. The molecule has 0 saturated heterocycles. The lowest BCUT2D eigenvalue weighted by molar-refractivity contribution is 0.565. The molecule has 1 aromatic heterocycles. The molecule has 0 fully saturated rings. The van der Waals surface area contributed by atoms with Gasteiger partial charge in [0.25, 0.3) is 0 Å². The summed E-state index contributed by atoms with van der Waals surface area (Å²) >= 11 is 0. The molecule has 2 rings (SSSR count). The van der Waals surface area contributed by atoms with Crippen LogP contribution >= 0.6 is 0 Å². The van der Waals surface area contributed by atoms with Crippen molar-refractivity contribution in [1.82, 2.24) is 9.78 Å². The van der Waals surface area contributed by atoms with Crippen LogP contribution in [0.15, 0.2) is 29.4 Å². The van der Waals surface area contributed by atoms with Gasteiger partial charge in [-0.1, -0.05) is 0 Å². The van der Waals surface area contributed by atoms with Crippen molar-refractivity contribution >= 4 is 22.7 Å². The quantitative estimate of drug-likeness (QED) is 0.485. The summed E-state index contributed by atoms with van der Waals surface area (Å²) < 4.78 is 1.74. The van der Waals surface area contributed by atoms with Crippen LogP contribution in [-0.4, -0.2) is 15.9 Å². The fraction of sp³-hybridized carbons (Fsp3) is 0.111. The first-order chi connectivity index (χ1) is 6.31. The SMILES string of the molecule is Cn1ncc2ccc(N=C=O)cc21. The molecule has 0 spiro atoms. The zero-order valence-corrected chi connectivity index (χ0v) is 7.06. The van der Waals surface area contributed by atoms with Gasteiger partial charge < -0.3 is 0 Å². The van der Waals surface area contributed by atoms with Gasteiger partial charge in [-0.3, -0.25) is 4.68 Å². The number of aryl methyl sites for hydroxylation is 1. The van der Waals surface area contributed by atoms with Crippen LogP contribution in [0.1, 0.15) is 0 Å². The number of hydrogen-bond donors (Lipinski definition) is 0. The molecular weight excluding hydrogens is 166 g/mol. The van der Waals surface area contributed by atoms with Gasteiger partial charge in [0, 0.05) is 12.4 Å². The molecule has 0 N–H and O–H groups in total. The van der Waals surface area contributed by atoms with Gasteiger partial charge >= 0.3 is 0 Å². The molecule has 1 aromatic carbocycles. The van der Waals surface area contributed by atoms with Crippen molar-refractivity contribution in [3.8, 4) is 0 Å². The summed E-state index contributed by atoms with van der Waals surface area (Å²) in [5, 5.41) is 5.11. The highest BCUT2D eigenvalue weighted by Crippen LogP contribution is 2.19. The number of rotatable bonds is 1. The van der Waals surface area contributed by atoms with Crippen LogP contribution in [0.5, 0.6) is 0 Å². The maximum absolute atomic E-state index is 10.0. The molecule has 0 aliphatic rings. The number of nitrogens with zero attached hydrogens (tertiary/aromatic N) is 3. The minimum Gasteiger partial charge on any atom is -0.268 e. The summed E-state index contributed by atoms with van der Waals surface area (Å²) in [5.74, 6) is 0. The van der Waals surface area contributed by atoms with E-state index in [1.54, 1.807) is 23.0 Å². The molecule has 2 aromatic rings. The van der Waals surface area contributed by atoms with Crippen LogP contribution in [0.25, 0.3) is 10.9 Å². The molecule has 0 unspecified atom stereocenters. The fourth-order valence-corrected chi connectivity index (χ4v) is 1.25. The monoisotopic (exact) mass is 173 g/mol. The minimum atomic E-state index is 0.603. The first kappa shape index (κ1) is 7.71. The van der Waals surface area contributed by atoms with Gasteiger partial charge in [-0.15, -0.1) is 0 Å². The first-order valence-electron chi connectivity index (χ1n) is 3.81. The predicted molar refractivity (Wildman–Crippen MR) is 48.5 cm³/mol. The summed E-state index contributed by atoms with van der Waals surface area (Å²) in [6.45, 7) is 0. The van der Waals surface area contributed by atoms with Crippen molar-refractivity contribution in [2.24, 2.45) is 12.0 Å². The van der Waals surface area contributed by atoms with Gasteiger partial charge in [-0.2, -0.15) is 10.1 Å². The molecule has 0 atom stereocenters. The summed E-state index contributed by atoms with van der Waals surface area (Å²) in [4.78, 5) is 13.6. The van der Waals surface area contributed by atoms with E-state index in [0.29, 0.717) is 5.69 Å². The van der Waals surface area contributed by atoms with Crippen LogP contribution in [-0.2, 0) is 11.8 Å². The maximum Gasteiger partial charge on any atom is 0.240 e. The standard InChI is InChI=1S/C9H7N3O/c1-12-9-4-8(10-6-13)3-2-7(9)5-11-12/h2-5H,1H3. The Labute approximate surface area is 74.5 Å². The molecule has 13 heavy (non-hydrogen) atoms. The van der Waals surface area contributed by atoms with E-state index < -0.39 is 0 Å². The lowest BCUT2D eigenvalue weighted by Gasteiger charge is -1.94. The van der Waals surface area contributed by atoms with E-state index in [1.807, 2.05) is 13.1 Å². The van der Waals surface area contributed by atoms with E-state index in [-0.39, 0.29) is 0 Å². The molecule has 0 radical (unpaired) electrons. The summed E-state index contributed by atoms with van der Waals surface area (Å²) in [6, 6.07) is 5.43. The van der Waals surface area contributed by atoms with Gasteiger partial charge in [0.05, 0.1) is 17.4 Å². The highest BCUT2D eigenvalue weighted by molar-refractivity contribution is 5.81. The van der Waals surface area contributed by atoms with Gasteiger partial charge in [0.1, 0.15) is 0 Å². The fourth-order valence-electron chi connectivity index (χ4n) is 1.25. The van der Waals surface area contributed by atoms with E-state index in [1.165, 1.54) is 6.08 Å². The molecule has 0 aliphatic carbocycles. The Morgan fingerprint density at radius 1 is 1.54 bits per heavy atom. The third kappa shape index (κ3) is 1.23. The number of fused-ring (bicyclic) bond motifs is 1. The molecular formula is C9H7N3O. The second-order valence-electron chi connectivity index (χ2n) is 2.71. The second kappa shape index (κ2) is 2.84. The van der Waals surface area contributed by atoms with Crippen molar-refractivity contribution in [2.75, 3.05) is 0 Å². The van der Waals surface area contributed by atoms with Crippen LogP contribution in [0.2, 0.25) is 0 Å². The molecule has 4 nitrogen and oxygen atoms in total. The van der Waals surface area contributed by atoms with Crippen LogP contribution in [0, 0.1) is 0 Å². The second-order valence-corrected chi connectivity index (χ2v) is 2.71. The van der Waals surface area contributed by atoms with E-state index in [2.05, 4.69) is 10.1 Å². The molecule has 1 heterocycles. The van der Waals surface area contributed by atoms with Gasteiger partial charge in [0.2, 0.25) is 6.08 Å². The molecule has 0 aliphatic heterocycles. The largest absolute Gasteiger partial charge is 0.268 e. The Hall–Kier alpha value is -1.93. The highest BCUT2D eigenvalue weighted by Gasteiger charge is 1.99. The number of isocyanates is 1. The van der Waals surface area contributed by atoms with Crippen molar-refractivity contribution in [1.29, 1.82) is 0 Å². The Kier molecular flexibility index (Phi) is 1.69. The first-order valence-corrected chi connectivity index (χ1v) is 3.81. The lowest BCUT2D eigenvalue weighted by atomic mass is 10.2. The van der Waals surface area contributed by atoms with Gasteiger partial charge in [-0.25, -0.2) is 4.79 Å². The molecule has 64 valence electrons. The third-order valence-corrected chi connectivity index (χ3v) is 1.91. The van der Waals surface area contributed by atoms with Gasteiger partial charge in [0.15, 0.2) is 0 Å². The summed E-state index contributed by atoms with van der Waals surface area (Å²) in [5.41, 5.74) is 1.56. The Bertz CT molecular complexity index is 495. The zero-order chi connectivity index (χ0) is 9.26. The zero-order valence-electron chi connectivity index (χ0n) is 7.06. The number of hydrogen-bond acceptors (Lipinski definition) is 3. The summed E-state index contributed by atoms with van der Waals surface area (Å²) in [7, 11) is 1.84. The molecule has 0 bridgehead atoms. The lowest BCUT2D eigenvalue weighted by Crippen LogP contribution is -1.87. The van der Waals surface area contributed by atoms with Gasteiger partial charge in [-0.05, 0) is 18.2 Å². The van der Waals surface area contributed by atoms with Crippen LogP contribution in [0.4, 0.5) is 5.69 Å². The normalized spacial score (nSPS) is 9.92. The van der Waals surface area contributed by atoms with Crippen LogP contribution < -0.4 is 0 Å². The smallest absolute Gasteiger partial charge is 0.240 e. The number of carbonyl (C=O) groups excluding carboxylic acids is 1. The van der Waals surface area contributed by atoms with Crippen molar-refractivity contribution in [3.05, 3.63) is 24.4 Å². The Balaban J connectivity index is 2.72. The van der Waals surface area contributed by atoms with Crippen LogP contribution in [0.3, 0.4) is 0 Å². The van der Waals surface area contributed by atoms with E-state index in [4.69, 9.17) is 0 Å². The van der Waals surface area contributed by atoms with E-state index >= 15 is 0 Å². The number of aromatic nitrogens is 2. The number of benzene rings is 1. The average Bonchev–Trinajstić information content (AvgIpc) is 2.49. The third-order valence-electron chi connectivity index (χ3n) is 1.91. The van der Waals surface area contributed by atoms with Crippen molar-refractivity contribution in [3.63, 3.8) is 0 Å². The average molecular weight is 173 g/mol. The topological polar surface area (TPSA) is 47.2 Å². The maximum atomic E-state index is 10.0. The Morgan fingerprint density at radius 2 is 2.38 bits per heavy atom. The number of aliphatic imine (C=N–C) groups is 1. The highest BCUT2D eigenvalue weighted by atomic mass is 16.1. The van der Waals surface area contributed by atoms with Crippen molar-refractivity contribution in [2.45, 2.75) is 0 Å². The Morgan fingerprint density at radius 3 is 3.15 bits per heavy atom. The minimum absolute atomic E-state index is 0.603.